The van der Waals surface area contributed by atoms with Gasteiger partial charge in [0.05, 0.1) is 0 Å². The zero-order valence-electron chi connectivity index (χ0n) is 15.0. The van der Waals surface area contributed by atoms with Crippen molar-refractivity contribution < 1.29 is 22.4 Å². The number of halogens is 3. The van der Waals surface area contributed by atoms with Gasteiger partial charge >= 0.3 is 12.1 Å². The Hall–Kier alpha value is -3.35. The van der Waals surface area contributed by atoms with Gasteiger partial charge in [-0.3, -0.25) is 4.79 Å². The average Bonchev–Trinajstić information content (AvgIpc) is 3.10. The number of amides is 1. The van der Waals surface area contributed by atoms with E-state index in [0.29, 0.717) is 27.5 Å². The van der Waals surface area contributed by atoms with Gasteiger partial charge in [0.1, 0.15) is 5.52 Å². The van der Waals surface area contributed by atoms with E-state index in [1.54, 1.807) is 6.92 Å². The molecule has 0 unspecified atom stereocenters. The van der Waals surface area contributed by atoms with Crippen molar-refractivity contribution in [2.24, 2.45) is 0 Å². The maximum atomic E-state index is 12.7. The summed E-state index contributed by atoms with van der Waals surface area (Å²) in [5, 5.41) is 2.10. The summed E-state index contributed by atoms with van der Waals surface area (Å²) in [4.78, 5) is 16.5. The number of fused-ring (bicyclic) bond motifs is 2. The fraction of sp³-hybridized carbons (Fsp3) is 0.143. The highest BCUT2D eigenvalue weighted by atomic mass is 19.4. The number of aromatic nitrogens is 1. The Kier molecular flexibility index (Phi) is 4.10. The van der Waals surface area contributed by atoms with Gasteiger partial charge in [-0.1, -0.05) is 30.3 Å². The molecule has 0 spiro atoms. The number of aryl methyl sites for hydroxylation is 1. The number of oxazole rings is 1. The van der Waals surface area contributed by atoms with Crippen LogP contribution in [0.1, 0.15) is 5.56 Å². The molecule has 1 amide bonds. The van der Waals surface area contributed by atoms with E-state index >= 15 is 0 Å². The first kappa shape index (κ1) is 18.0. The quantitative estimate of drug-likeness (QED) is 0.460. The summed E-state index contributed by atoms with van der Waals surface area (Å²) in [6, 6.07) is 16.5. The lowest BCUT2D eigenvalue weighted by Gasteiger charge is -2.19. The minimum absolute atomic E-state index is 0.102. The van der Waals surface area contributed by atoms with Gasteiger partial charge in [0.2, 0.25) is 5.89 Å². The predicted octanol–water partition coefficient (Wildman–Crippen LogP) is 5.48. The van der Waals surface area contributed by atoms with Crippen molar-refractivity contribution in [1.29, 1.82) is 0 Å². The minimum Gasteiger partial charge on any atom is -0.436 e. The molecule has 0 saturated carbocycles. The van der Waals surface area contributed by atoms with Crippen LogP contribution in [-0.2, 0) is 4.79 Å². The number of rotatable bonds is 2. The number of benzene rings is 3. The zero-order valence-corrected chi connectivity index (χ0v) is 15.0. The minimum atomic E-state index is -4.95. The third kappa shape index (κ3) is 3.09. The second kappa shape index (κ2) is 6.37. The highest BCUT2D eigenvalue weighted by molar-refractivity contribution is 5.98. The Balaban J connectivity index is 1.78. The second-order valence-electron chi connectivity index (χ2n) is 6.55. The van der Waals surface area contributed by atoms with Crippen LogP contribution in [0.5, 0.6) is 0 Å². The van der Waals surface area contributed by atoms with Crippen molar-refractivity contribution in [3.05, 3.63) is 60.2 Å². The number of anilines is 1. The van der Waals surface area contributed by atoms with Gasteiger partial charge in [-0.2, -0.15) is 13.2 Å². The number of carbonyl (C=O) groups is 1. The summed E-state index contributed by atoms with van der Waals surface area (Å²) < 4.78 is 44.0. The number of carbonyl (C=O) groups excluding carboxylic acids is 1. The molecular weight excluding hydrogens is 369 g/mol. The third-order valence-electron chi connectivity index (χ3n) is 4.59. The Morgan fingerprint density at radius 3 is 2.46 bits per heavy atom. The van der Waals surface area contributed by atoms with Crippen LogP contribution >= 0.6 is 0 Å². The predicted molar refractivity (Wildman–Crippen MR) is 101 cm³/mol. The Bertz CT molecular complexity index is 1210. The first-order valence-electron chi connectivity index (χ1n) is 8.49. The van der Waals surface area contributed by atoms with Crippen LogP contribution in [0, 0.1) is 6.92 Å². The van der Waals surface area contributed by atoms with Crippen molar-refractivity contribution in [3.8, 4) is 11.5 Å². The van der Waals surface area contributed by atoms with E-state index in [-0.39, 0.29) is 5.69 Å². The van der Waals surface area contributed by atoms with E-state index < -0.39 is 12.1 Å². The van der Waals surface area contributed by atoms with E-state index in [1.165, 1.54) is 12.1 Å². The number of hydrogen-bond acceptors (Lipinski definition) is 3. The van der Waals surface area contributed by atoms with Crippen molar-refractivity contribution in [2.75, 3.05) is 11.9 Å². The van der Waals surface area contributed by atoms with Gasteiger partial charge < -0.3 is 9.32 Å². The van der Waals surface area contributed by atoms with E-state index in [4.69, 9.17) is 4.42 Å². The smallest absolute Gasteiger partial charge is 0.436 e. The van der Waals surface area contributed by atoms with Crippen molar-refractivity contribution >= 4 is 33.5 Å². The van der Waals surface area contributed by atoms with Crippen LogP contribution in [0.4, 0.5) is 18.9 Å². The maximum absolute atomic E-state index is 12.7. The lowest BCUT2D eigenvalue weighted by atomic mass is 10.1. The monoisotopic (exact) mass is 384 g/mol. The average molecular weight is 384 g/mol. The van der Waals surface area contributed by atoms with Crippen molar-refractivity contribution in [3.63, 3.8) is 0 Å². The summed E-state index contributed by atoms with van der Waals surface area (Å²) >= 11 is 0. The first-order chi connectivity index (χ1) is 13.2. The zero-order chi connectivity index (χ0) is 20.1. The Morgan fingerprint density at radius 1 is 1.04 bits per heavy atom. The fourth-order valence-corrected chi connectivity index (χ4v) is 3.13. The normalized spacial score (nSPS) is 11.9. The molecule has 1 aromatic heterocycles. The molecule has 0 atom stereocenters. The molecule has 7 heteroatoms. The summed E-state index contributed by atoms with van der Waals surface area (Å²) in [5.41, 5.74) is 2.31. The molecule has 142 valence electrons. The van der Waals surface area contributed by atoms with E-state index in [9.17, 15) is 18.0 Å². The highest BCUT2D eigenvalue weighted by Gasteiger charge is 2.41. The molecule has 0 saturated heterocycles. The Labute approximate surface area is 158 Å². The van der Waals surface area contributed by atoms with Gasteiger partial charge in [0.15, 0.2) is 5.58 Å². The molecule has 0 aliphatic carbocycles. The summed E-state index contributed by atoms with van der Waals surface area (Å²) in [7, 11) is 1.08. The lowest BCUT2D eigenvalue weighted by Crippen LogP contribution is -2.38. The van der Waals surface area contributed by atoms with E-state index in [0.717, 1.165) is 23.4 Å². The van der Waals surface area contributed by atoms with Crippen LogP contribution in [0.3, 0.4) is 0 Å². The van der Waals surface area contributed by atoms with Gasteiger partial charge in [0.25, 0.3) is 0 Å². The molecule has 4 nitrogen and oxygen atoms in total. The van der Waals surface area contributed by atoms with E-state index in [1.807, 2.05) is 42.5 Å². The lowest BCUT2D eigenvalue weighted by molar-refractivity contribution is -0.170. The standard InChI is InChI=1S/C21H15F3N2O2/c1-12-9-16(26(2)20(27)21(22,23)24)11-17-18(12)28-19(25-17)15-8-7-13-5-3-4-6-14(13)10-15/h3-11H,1-2H3. The van der Waals surface area contributed by atoms with Gasteiger partial charge in [-0.15, -0.1) is 0 Å². The maximum Gasteiger partial charge on any atom is 0.471 e. The second-order valence-corrected chi connectivity index (χ2v) is 6.55. The van der Waals surface area contributed by atoms with Gasteiger partial charge in [-0.05, 0) is 47.5 Å². The highest BCUT2D eigenvalue weighted by Crippen LogP contribution is 2.32. The molecule has 0 aliphatic heterocycles. The topological polar surface area (TPSA) is 46.3 Å². The van der Waals surface area contributed by atoms with Crippen LogP contribution < -0.4 is 4.90 Å². The number of hydrogen-bond donors (Lipinski definition) is 0. The van der Waals surface area contributed by atoms with Gasteiger partial charge in [-0.25, -0.2) is 4.98 Å². The number of alkyl halides is 3. The molecule has 0 aliphatic rings. The molecule has 1 heterocycles. The third-order valence-corrected chi connectivity index (χ3v) is 4.59. The van der Waals surface area contributed by atoms with Crippen LogP contribution in [0.15, 0.2) is 59.0 Å². The SMILES string of the molecule is Cc1cc(N(C)C(=O)C(F)(F)F)cc2nc(-c3ccc4ccccc4c3)oc12. The first-order valence-corrected chi connectivity index (χ1v) is 8.49. The van der Waals surface area contributed by atoms with Crippen molar-refractivity contribution in [1.82, 2.24) is 4.98 Å². The molecule has 0 fully saturated rings. The number of nitrogens with zero attached hydrogens (tertiary/aromatic N) is 2. The summed E-state index contributed by atoms with van der Waals surface area (Å²) in [5.74, 6) is -1.57. The molecule has 3 aromatic carbocycles. The largest absolute Gasteiger partial charge is 0.471 e. The van der Waals surface area contributed by atoms with Crippen LogP contribution in [0.25, 0.3) is 33.3 Å². The fourth-order valence-electron chi connectivity index (χ4n) is 3.13. The van der Waals surface area contributed by atoms with Crippen LogP contribution in [0.2, 0.25) is 0 Å². The summed E-state index contributed by atoms with van der Waals surface area (Å²) in [6.45, 7) is 1.70. The van der Waals surface area contributed by atoms with Gasteiger partial charge in [0, 0.05) is 18.3 Å². The Morgan fingerprint density at radius 2 is 1.75 bits per heavy atom. The molecule has 0 bridgehead atoms. The van der Waals surface area contributed by atoms with Crippen LogP contribution in [-0.4, -0.2) is 24.1 Å². The molecular formula is C21H15F3N2O2. The molecule has 28 heavy (non-hydrogen) atoms. The molecule has 4 rings (SSSR count). The van der Waals surface area contributed by atoms with E-state index in [2.05, 4.69) is 4.98 Å². The molecule has 0 radical (unpaired) electrons. The van der Waals surface area contributed by atoms with Crippen molar-refractivity contribution in [2.45, 2.75) is 13.1 Å². The summed E-state index contributed by atoms with van der Waals surface area (Å²) in [6.07, 6.45) is -4.95. The molecule has 0 N–H and O–H groups in total. The molecule has 4 aromatic rings.